The van der Waals surface area contributed by atoms with E-state index in [2.05, 4.69) is 4.98 Å². The first kappa shape index (κ1) is 14.3. The highest BCUT2D eigenvalue weighted by molar-refractivity contribution is 5.84. The molecule has 3 rings (SSSR count). The van der Waals surface area contributed by atoms with Gasteiger partial charge in [-0.25, -0.2) is 0 Å². The summed E-state index contributed by atoms with van der Waals surface area (Å²) < 4.78 is 0. The SMILES string of the molecule is Cc1ccc([C@](C)(C[N+](=O)[O-])c2c[nH]c3ccccc23)cc1. The lowest BCUT2D eigenvalue weighted by atomic mass is 9.76. The minimum atomic E-state index is -0.670. The molecular weight excluding hydrogens is 276 g/mol. The van der Waals surface area contributed by atoms with Crippen LogP contribution in [0.5, 0.6) is 0 Å². The quantitative estimate of drug-likeness (QED) is 0.582. The van der Waals surface area contributed by atoms with E-state index in [0.29, 0.717) is 0 Å². The molecule has 2 aromatic carbocycles. The van der Waals surface area contributed by atoms with Crippen LogP contribution in [0, 0.1) is 17.0 Å². The minimum absolute atomic E-state index is 0.141. The second-order valence-electron chi connectivity index (χ2n) is 5.94. The zero-order valence-electron chi connectivity index (χ0n) is 12.7. The van der Waals surface area contributed by atoms with Gasteiger partial charge in [0.25, 0.3) is 0 Å². The van der Waals surface area contributed by atoms with E-state index in [1.165, 1.54) is 0 Å². The van der Waals surface area contributed by atoms with E-state index in [-0.39, 0.29) is 11.5 Å². The summed E-state index contributed by atoms with van der Waals surface area (Å²) in [4.78, 5) is 14.3. The van der Waals surface area contributed by atoms with Crippen LogP contribution in [0.3, 0.4) is 0 Å². The number of H-pyrrole nitrogens is 1. The molecule has 0 saturated carbocycles. The van der Waals surface area contributed by atoms with Gasteiger partial charge in [0.1, 0.15) is 0 Å². The number of para-hydroxylation sites is 1. The van der Waals surface area contributed by atoms with Crippen LogP contribution in [0.1, 0.15) is 23.6 Å². The number of aromatic nitrogens is 1. The van der Waals surface area contributed by atoms with Crippen LogP contribution in [-0.2, 0) is 5.41 Å². The Morgan fingerprint density at radius 2 is 1.82 bits per heavy atom. The van der Waals surface area contributed by atoms with Crippen molar-refractivity contribution in [2.24, 2.45) is 0 Å². The van der Waals surface area contributed by atoms with E-state index in [0.717, 1.165) is 27.6 Å². The number of benzene rings is 2. The molecule has 3 aromatic rings. The van der Waals surface area contributed by atoms with Crippen molar-refractivity contribution in [1.29, 1.82) is 0 Å². The molecule has 0 aliphatic heterocycles. The fraction of sp³-hybridized carbons (Fsp3) is 0.222. The first-order chi connectivity index (χ1) is 10.5. The monoisotopic (exact) mass is 294 g/mol. The minimum Gasteiger partial charge on any atom is -0.361 e. The molecule has 4 heteroatoms. The lowest BCUT2D eigenvalue weighted by Crippen LogP contribution is -2.32. The van der Waals surface area contributed by atoms with E-state index in [9.17, 15) is 10.1 Å². The molecule has 0 aliphatic rings. The molecule has 0 saturated heterocycles. The van der Waals surface area contributed by atoms with Crippen LogP contribution in [0.4, 0.5) is 0 Å². The summed E-state index contributed by atoms with van der Waals surface area (Å²) in [6.45, 7) is 3.81. The Bertz CT molecular complexity index is 820. The van der Waals surface area contributed by atoms with Crippen molar-refractivity contribution in [3.05, 3.63) is 81.5 Å². The molecule has 0 fully saturated rings. The van der Waals surface area contributed by atoms with Crippen LogP contribution in [0.2, 0.25) is 0 Å². The van der Waals surface area contributed by atoms with Gasteiger partial charge in [0.2, 0.25) is 6.54 Å². The molecule has 1 atom stereocenters. The lowest BCUT2D eigenvalue weighted by molar-refractivity contribution is -0.488. The molecule has 1 heterocycles. The molecule has 1 N–H and O–H groups in total. The first-order valence-electron chi connectivity index (χ1n) is 7.26. The highest BCUT2D eigenvalue weighted by Crippen LogP contribution is 2.36. The number of aromatic amines is 1. The second-order valence-corrected chi connectivity index (χ2v) is 5.94. The standard InChI is InChI=1S/C18H18N2O2/c1-13-7-9-14(10-8-13)18(2,12-20(21)22)16-11-19-17-6-4-3-5-15(16)17/h3-11,19H,12H2,1-2H3/t18-/m0/s1. The number of nitro groups is 1. The summed E-state index contributed by atoms with van der Waals surface area (Å²) >= 11 is 0. The van der Waals surface area contributed by atoms with Crippen LogP contribution in [0.15, 0.2) is 54.7 Å². The molecule has 4 nitrogen and oxygen atoms in total. The maximum absolute atomic E-state index is 11.3. The average molecular weight is 294 g/mol. The van der Waals surface area contributed by atoms with Gasteiger partial charge in [-0.15, -0.1) is 0 Å². The molecule has 112 valence electrons. The van der Waals surface area contributed by atoms with Crippen LogP contribution in [0.25, 0.3) is 10.9 Å². The van der Waals surface area contributed by atoms with E-state index in [1.54, 1.807) is 0 Å². The summed E-state index contributed by atoms with van der Waals surface area (Å²) in [7, 11) is 0. The molecule has 0 bridgehead atoms. The zero-order valence-corrected chi connectivity index (χ0v) is 12.7. The van der Waals surface area contributed by atoms with Gasteiger partial charge >= 0.3 is 0 Å². The van der Waals surface area contributed by atoms with E-state index < -0.39 is 5.41 Å². The number of nitrogens with zero attached hydrogens (tertiary/aromatic N) is 1. The van der Waals surface area contributed by atoms with Gasteiger partial charge in [-0.2, -0.15) is 0 Å². The normalized spacial score (nSPS) is 13.9. The van der Waals surface area contributed by atoms with Gasteiger partial charge in [-0.1, -0.05) is 48.0 Å². The third-order valence-corrected chi connectivity index (χ3v) is 4.32. The van der Waals surface area contributed by atoms with E-state index in [1.807, 2.05) is 68.6 Å². The summed E-state index contributed by atoms with van der Waals surface area (Å²) in [6, 6.07) is 15.9. The number of hydrogen-bond acceptors (Lipinski definition) is 2. The number of nitrogens with one attached hydrogen (secondary N) is 1. The molecular formula is C18H18N2O2. The Labute approximate surface area is 128 Å². The molecule has 0 unspecified atom stereocenters. The van der Waals surface area contributed by atoms with Gasteiger partial charge in [0.15, 0.2) is 0 Å². The largest absolute Gasteiger partial charge is 0.361 e. The summed E-state index contributed by atoms with van der Waals surface area (Å²) in [5.74, 6) is 0. The van der Waals surface area contributed by atoms with Crippen molar-refractivity contribution in [3.63, 3.8) is 0 Å². The number of aryl methyl sites for hydroxylation is 1. The Morgan fingerprint density at radius 1 is 1.14 bits per heavy atom. The van der Waals surface area contributed by atoms with Crippen molar-refractivity contribution in [2.45, 2.75) is 19.3 Å². The lowest BCUT2D eigenvalue weighted by Gasteiger charge is -2.26. The third kappa shape index (κ3) is 2.37. The van der Waals surface area contributed by atoms with E-state index >= 15 is 0 Å². The van der Waals surface area contributed by atoms with Gasteiger partial charge < -0.3 is 4.98 Å². The summed E-state index contributed by atoms with van der Waals surface area (Å²) in [5, 5.41) is 12.3. The van der Waals surface area contributed by atoms with Gasteiger partial charge in [0.05, 0.1) is 5.41 Å². The Kier molecular flexibility index (Phi) is 3.45. The van der Waals surface area contributed by atoms with Crippen LogP contribution < -0.4 is 0 Å². The molecule has 0 amide bonds. The average Bonchev–Trinajstić information content (AvgIpc) is 2.91. The number of hydrogen-bond donors (Lipinski definition) is 1. The fourth-order valence-corrected chi connectivity index (χ4v) is 3.04. The predicted molar refractivity (Wildman–Crippen MR) is 87.8 cm³/mol. The van der Waals surface area contributed by atoms with Gasteiger partial charge in [0, 0.05) is 22.0 Å². The summed E-state index contributed by atoms with van der Waals surface area (Å²) in [5.41, 5.74) is 3.39. The highest BCUT2D eigenvalue weighted by Gasteiger charge is 2.36. The Balaban J connectivity index is 2.21. The fourth-order valence-electron chi connectivity index (χ4n) is 3.04. The maximum atomic E-state index is 11.3. The van der Waals surface area contributed by atoms with Gasteiger partial charge in [-0.05, 0) is 31.0 Å². The molecule has 0 spiro atoms. The van der Waals surface area contributed by atoms with Crippen molar-refractivity contribution in [1.82, 2.24) is 4.98 Å². The zero-order chi connectivity index (χ0) is 15.7. The smallest absolute Gasteiger partial charge is 0.217 e. The van der Waals surface area contributed by atoms with Crippen molar-refractivity contribution in [3.8, 4) is 0 Å². The second kappa shape index (κ2) is 5.30. The Morgan fingerprint density at radius 3 is 2.50 bits per heavy atom. The van der Waals surface area contributed by atoms with Crippen LogP contribution in [-0.4, -0.2) is 16.5 Å². The topological polar surface area (TPSA) is 58.9 Å². The maximum Gasteiger partial charge on any atom is 0.217 e. The first-order valence-corrected chi connectivity index (χ1v) is 7.26. The summed E-state index contributed by atoms with van der Waals surface area (Å²) in [6.07, 6.45) is 1.90. The third-order valence-electron chi connectivity index (χ3n) is 4.32. The Hall–Kier alpha value is -2.62. The molecule has 0 radical (unpaired) electrons. The van der Waals surface area contributed by atoms with Crippen molar-refractivity contribution in [2.75, 3.05) is 6.54 Å². The van der Waals surface area contributed by atoms with E-state index in [4.69, 9.17) is 0 Å². The number of rotatable bonds is 4. The molecule has 0 aliphatic carbocycles. The highest BCUT2D eigenvalue weighted by atomic mass is 16.6. The number of fused-ring (bicyclic) bond motifs is 1. The van der Waals surface area contributed by atoms with Crippen LogP contribution >= 0.6 is 0 Å². The molecule has 1 aromatic heterocycles. The predicted octanol–water partition coefficient (Wildman–Crippen LogP) is 4.06. The van der Waals surface area contributed by atoms with Gasteiger partial charge in [-0.3, -0.25) is 10.1 Å². The van der Waals surface area contributed by atoms with Crippen molar-refractivity contribution < 1.29 is 4.92 Å². The molecule has 22 heavy (non-hydrogen) atoms. The van der Waals surface area contributed by atoms with Crippen molar-refractivity contribution >= 4 is 10.9 Å².